The largest absolute Gasteiger partial charge is 0.298 e. The lowest BCUT2D eigenvalue weighted by molar-refractivity contribution is 0.625. The van der Waals surface area contributed by atoms with E-state index >= 15 is 0 Å². The monoisotopic (exact) mass is 212 g/mol. The van der Waals surface area contributed by atoms with Crippen molar-refractivity contribution in [3.63, 3.8) is 0 Å². The lowest BCUT2D eigenvalue weighted by Gasteiger charge is -2.04. The summed E-state index contributed by atoms with van der Waals surface area (Å²) in [7, 11) is 0. The minimum absolute atomic E-state index is 0.0722. The molecule has 0 radical (unpaired) electrons. The summed E-state index contributed by atoms with van der Waals surface area (Å²) in [6.45, 7) is 0. The van der Waals surface area contributed by atoms with Crippen LogP contribution >= 0.6 is 11.6 Å². The molecule has 1 aromatic heterocycles. The van der Waals surface area contributed by atoms with Gasteiger partial charge in [-0.1, -0.05) is 17.7 Å². The van der Waals surface area contributed by atoms with Crippen molar-refractivity contribution in [3.8, 4) is 5.69 Å². The first-order chi connectivity index (χ1) is 6.70. The van der Waals surface area contributed by atoms with E-state index in [0.717, 1.165) is 0 Å². The van der Waals surface area contributed by atoms with Gasteiger partial charge in [0.2, 0.25) is 0 Å². The van der Waals surface area contributed by atoms with Crippen LogP contribution in [0.3, 0.4) is 0 Å². The molecule has 14 heavy (non-hydrogen) atoms. The first-order valence-electron chi connectivity index (χ1n) is 3.91. The molecule has 72 valence electrons. The Balaban J connectivity index is 2.69. The summed E-state index contributed by atoms with van der Waals surface area (Å²) in [6, 6.07) is 5.62. The van der Waals surface area contributed by atoms with Crippen LogP contribution in [0.2, 0.25) is 5.02 Å². The molecule has 0 aliphatic carbocycles. The third-order valence-electron chi connectivity index (χ3n) is 1.82. The summed E-state index contributed by atoms with van der Waals surface area (Å²) in [5.41, 5.74) is 0.0270. The van der Waals surface area contributed by atoms with Crippen molar-refractivity contribution in [2.75, 3.05) is 0 Å². The van der Waals surface area contributed by atoms with E-state index in [1.165, 1.54) is 29.1 Å². The van der Waals surface area contributed by atoms with Crippen molar-refractivity contribution in [2.45, 2.75) is 0 Å². The van der Waals surface area contributed by atoms with Crippen molar-refractivity contribution >= 4 is 11.6 Å². The van der Waals surface area contributed by atoms with Crippen LogP contribution in [0.1, 0.15) is 0 Å². The second kappa shape index (κ2) is 3.31. The highest BCUT2D eigenvalue weighted by Crippen LogP contribution is 2.21. The van der Waals surface area contributed by atoms with Gasteiger partial charge >= 0.3 is 0 Å². The first kappa shape index (κ1) is 9.02. The highest BCUT2D eigenvalue weighted by molar-refractivity contribution is 6.32. The minimum Gasteiger partial charge on any atom is -0.298 e. The van der Waals surface area contributed by atoms with Gasteiger partial charge in [-0.3, -0.25) is 9.89 Å². The summed E-state index contributed by atoms with van der Waals surface area (Å²) < 4.78 is 14.2. The molecule has 0 amide bonds. The van der Waals surface area contributed by atoms with Crippen LogP contribution in [0, 0.1) is 5.82 Å². The van der Waals surface area contributed by atoms with Crippen molar-refractivity contribution in [2.24, 2.45) is 0 Å². The topological polar surface area (TPSA) is 37.8 Å². The Kier molecular flexibility index (Phi) is 2.13. The fourth-order valence-electron chi connectivity index (χ4n) is 1.17. The molecule has 1 N–H and O–H groups in total. The van der Waals surface area contributed by atoms with Crippen LogP contribution < -0.4 is 5.56 Å². The van der Waals surface area contributed by atoms with E-state index in [4.69, 9.17) is 11.6 Å². The molecule has 1 aromatic carbocycles. The van der Waals surface area contributed by atoms with Gasteiger partial charge in [0.15, 0.2) is 0 Å². The van der Waals surface area contributed by atoms with Gasteiger partial charge in [-0.15, -0.1) is 0 Å². The number of nitrogens with zero attached hydrogens (tertiary/aromatic N) is 1. The number of nitrogens with one attached hydrogen (secondary N) is 1. The van der Waals surface area contributed by atoms with Crippen LogP contribution in [0.15, 0.2) is 35.3 Å². The molecule has 0 unspecified atom stereocenters. The van der Waals surface area contributed by atoms with E-state index < -0.39 is 5.82 Å². The number of H-pyrrole nitrogens is 1. The van der Waals surface area contributed by atoms with E-state index in [1.807, 2.05) is 0 Å². The molecule has 0 spiro atoms. The molecule has 1 heterocycles. The second-order valence-electron chi connectivity index (χ2n) is 2.71. The quantitative estimate of drug-likeness (QED) is 0.771. The average molecular weight is 213 g/mol. The molecule has 0 atom stereocenters. The maximum atomic E-state index is 13.0. The molecule has 0 saturated heterocycles. The normalized spacial score (nSPS) is 10.4. The van der Waals surface area contributed by atoms with Crippen LogP contribution in [0.25, 0.3) is 5.69 Å². The molecule has 0 bridgehead atoms. The van der Waals surface area contributed by atoms with Crippen LogP contribution in [0.5, 0.6) is 0 Å². The number of benzene rings is 1. The summed E-state index contributed by atoms with van der Waals surface area (Å²) in [5.74, 6) is -0.550. The fraction of sp³-hybridized carbons (Fsp3) is 0. The Labute approximate surface area is 83.7 Å². The van der Waals surface area contributed by atoms with E-state index in [9.17, 15) is 9.18 Å². The summed E-state index contributed by atoms with van der Waals surface area (Å²) >= 11 is 5.70. The lowest BCUT2D eigenvalue weighted by atomic mass is 10.3. The maximum Gasteiger partial charge on any atom is 0.271 e. The summed E-state index contributed by atoms with van der Waals surface area (Å²) in [5, 5.41) is 2.57. The van der Waals surface area contributed by atoms with E-state index in [2.05, 4.69) is 5.10 Å². The molecule has 0 fully saturated rings. The number of hydrogen-bond donors (Lipinski definition) is 1. The molecule has 5 heteroatoms. The van der Waals surface area contributed by atoms with Gasteiger partial charge in [0.1, 0.15) is 10.8 Å². The Morgan fingerprint density at radius 2 is 2.14 bits per heavy atom. The predicted molar refractivity (Wildman–Crippen MR) is 51.4 cm³/mol. The van der Waals surface area contributed by atoms with Crippen LogP contribution in [-0.2, 0) is 0 Å². The van der Waals surface area contributed by atoms with Crippen LogP contribution in [0.4, 0.5) is 4.39 Å². The highest BCUT2D eigenvalue weighted by atomic mass is 35.5. The van der Waals surface area contributed by atoms with Gasteiger partial charge in [0.05, 0.1) is 5.69 Å². The van der Waals surface area contributed by atoms with E-state index in [1.54, 1.807) is 6.07 Å². The Bertz CT molecular complexity index is 518. The molecule has 0 saturated carbocycles. The smallest absolute Gasteiger partial charge is 0.271 e. The SMILES string of the molecule is O=c1cc[nH]n1-c1cccc(F)c1Cl. The van der Waals surface area contributed by atoms with E-state index in [-0.39, 0.29) is 10.6 Å². The Morgan fingerprint density at radius 3 is 2.79 bits per heavy atom. The van der Waals surface area contributed by atoms with Gasteiger partial charge in [0.25, 0.3) is 5.56 Å². The maximum absolute atomic E-state index is 13.0. The molecule has 2 rings (SSSR count). The van der Waals surface area contributed by atoms with Crippen molar-refractivity contribution < 1.29 is 4.39 Å². The van der Waals surface area contributed by atoms with Gasteiger partial charge in [0, 0.05) is 12.3 Å². The standard InChI is InChI=1S/C9H6ClFN2O/c10-9-6(11)2-1-3-7(9)13-8(14)4-5-12-13/h1-5,12H. The lowest BCUT2D eigenvalue weighted by Crippen LogP contribution is -2.14. The van der Waals surface area contributed by atoms with Crippen molar-refractivity contribution in [3.05, 3.63) is 51.7 Å². The third-order valence-corrected chi connectivity index (χ3v) is 2.20. The van der Waals surface area contributed by atoms with Crippen LogP contribution in [-0.4, -0.2) is 9.78 Å². The number of aromatic amines is 1. The highest BCUT2D eigenvalue weighted by Gasteiger charge is 2.08. The average Bonchev–Trinajstić information content (AvgIpc) is 2.57. The number of halogens is 2. The fourth-order valence-corrected chi connectivity index (χ4v) is 1.39. The number of aromatic nitrogens is 2. The first-order valence-corrected chi connectivity index (χ1v) is 4.29. The van der Waals surface area contributed by atoms with Gasteiger partial charge in [-0.25, -0.2) is 9.07 Å². The minimum atomic E-state index is -0.550. The Hall–Kier alpha value is -1.55. The molecule has 0 aliphatic heterocycles. The zero-order valence-electron chi connectivity index (χ0n) is 7.00. The summed E-state index contributed by atoms with van der Waals surface area (Å²) in [6.07, 6.45) is 1.46. The number of hydrogen-bond acceptors (Lipinski definition) is 1. The van der Waals surface area contributed by atoms with Crippen molar-refractivity contribution in [1.82, 2.24) is 9.78 Å². The second-order valence-corrected chi connectivity index (χ2v) is 3.09. The van der Waals surface area contributed by atoms with Crippen molar-refractivity contribution in [1.29, 1.82) is 0 Å². The molecule has 0 aliphatic rings. The Morgan fingerprint density at radius 1 is 1.36 bits per heavy atom. The number of rotatable bonds is 1. The molecule has 2 aromatic rings. The third kappa shape index (κ3) is 1.33. The van der Waals surface area contributed by atoms with Gasteiger partial charge in [-0.05, 0) is 12.1 Å². The molecule has 3 nitrogen and oxygen atoms in total. The predicted octanol–water partition coefficient (Wildman–Crippen LogP) is 1.96. The van der Waals surface area contributed by atoms with E-state index in [0.29, 0.717) is 5.69 Å². The zero-order chi connectivity index (χ0) is 10.1. The zero-order valence-corrected chi connectivity index (χ0v) is 7.75. The molecular weight excluding hydrogens is 207 g/mol. The summed E-state index contributed by atoms with van der Waals surface area (Å²) in [4.78, 5) is 11.2. The van der Waals surface area contributed by atoms with Gasteiger partial charge < -0.3 is 0 Å². The van der Waals surface area contributed by atoms with Gasteiger partial charge in [-0.2, -0.15) is 0 Å². The molecular formula is C9H6ClFN2O.